The number of hydrogen-bond acceptors (Lipinski definition) is 2. The second-order valence-corrected chi connectivity index (χ2v) is 5.89. The largest absolute Gasteiger partial charge is 0.326 e. The third-order valence-corrected chi connectivity index (χ3v) is 4.50. The van der Waals surface area contributed by atoms with Crippen molar-refractivity contribution in [3.05, 3.63) is 35.6 Å². The van der Waals surface area contributed by atoms with Gasteiger partial charge in [0, 0.05) is 18.6 Å². The fourth-order valence-corrected chi connectivity index (χ4v) is 3.79. The molecular formula is C15H21FN2. The Bertz CT molecular complexity index is 432. The van der Waals surface area contributed by atoms with Crippen LogP contribution >= 0.6 is 0 Å². The van der Waals surface area contributed by atoms with Gasteiger partial charge in [0.2, 0.25) is 0 Å². The van der Waals surface area contributed by atoms with Crippen LogP contribution in [0.5, 0.6) is 0 Å². The highest BCUT2D eigenvalue weighted by Gasteiger charge is 2.42. The topological polar surface area (TPSA) is 29.3 Å². The van der Waals surface area contributed by atoms with Gasteiger partial charge in [0.1, 0.15) is 5.82 Å². The second-order valence-electron chi connectivity index (χ2n) is 5.89. The molecule has 1 aliphatic carbocycles. The van der Waals surface area contributed by atoms with E-state index in [2.05, 4.69) is 4.90 Å². The summed E-state index contributed by atoms with van der Waals surface area (Å²) < 4.78 is 13.4. The maximum absolute atomic E-state index is 13.4. The molecule has 1 saturated carbocycles. The Morgan fingerprint density at radius 1 is 1.39 bits per heavy atom. The van der Waals surface area contributed by atoms with E-state index in [0.717, 1.165) is 18.0 Å². The third-order valence-electron chi connectivity index (χ3n) is 4.50. The van der Waals surface area contributed by atoms with Crippen molar-refractivity contribution in [2.45, 2.75) is 44.3 Å². The summed E-state index contributed by atoms with van der Waals surface area (Å²) in [5.41, 5.74) is 7.19. The fourth-order valence-electron chi connectivity index (χ4n) is 3.79. The predicted octanol–water partition coefficient (Wildman–Crippen LogP) is 2.70. The van der Waals surface area contributed by atoms with Gasteiger partial charge in [0.15, 0.2) is 0 Å². The SMILES string of the molecule is CC(N)C(c1cccc(F)c1)N1CC2CCC1C2. The van der Waals surface area contributed by atoms with Gasteiger partial charge in [-0.2, -0.15) is 0 Å². The lowest BCUT2D eigenvalue weighted by Gasteiger charge is -2.37. The summed E-state index contributed by atoms with van der Waals surface area (Å²) in [6.07, 6.45) is 3.94. The Kier molecular flexibility index (Phi) is 3.12. The Labute approximate surface area is 108 Å². The Hall–Kier alpha value is -0.930. The van der Waals surface area contributed by atoms with Crippen LogP contribution in [0.15, 0.2) is 24.3 Å². The number of hydrogen-bond donors (Lipinski definition) is 1. The van der Waals surface area contributed by atoms with Crippen molar-refractivity contribution in [2.75, 3.05) is 6.54 Å². The number of piperidine rings is 1. The number of nitrogens with two attached hydrogens (primary N) is 1. The molecule has 0 spiro atoms. The van der Waals surface area contributed by atoms with E-state index in [9.17, 15) is 4.39 Å². The molecule has 2 nitrogen and oxygen atoms in total. The van der Waals surface area contributed by atoms with Crippen LogP contribution < -0.4 is 5.73 Å². The van der Waals surface area contributed by atoms with E-state index in [0.29, 0.717) is 6.04 Å². The van der Waals surface area contributed by atoms with E-state index < -0.39 is 0 Å². The minimum atomic E-state index is -0.164. The Morgan fingerprint density at radius 2 is 2.22 bits per heavy atom. The molecule has 1 saturated heterocycles. The summed E-state index contributed by atoms with van der Waals surface area (Å²) >= 11 is 0. The minimum Gasteiger partial charge on any atom is -0.326 e. The van der Waals surface area contributed by atoms with E-state index >= 15 is 0 Å². The van der Waals surface area contributed by atoms with Crippen molar-refractivity contribution in [1.29, 1.82) is 0 Å². The first-order valence-electron chi connectivity index (χ1n) is 6.92. The summed E-state index contributed by atoms with van der Waals surface area (Å²) in [6.45, 7) is 3.16. The molecule has 0 amide bonds. The Balaban J connectivity index is 1.89. The quantitative estimate of drug-likeness (QED) is 0.891. The number of halogens is 1. The zero-order chi connectivity index (χ0) is 12.7. The van der Waals surface area contributed by atoms with Crippen LogP contribution in [0, 0.1) is 11.7 Å². The molecule has 0 radical (unpaired) electrons. The van der Waals surface area contributed by atoms with Crippen LogP contribution in [-0.2, 0) is 0 Å². The van der Waals surface area contributed by atoms with Gasteiger partial charge in [0.25, 0.3) is 0 Å². The molecule has 2 N–H and O–H groups in total. The summed E-state index contributed by atoms with van der Waals surface area (Å²) in [5.74, 6) is 0.673. The van der Waals surface area contributed by atoms with Gasteiger partial charge in [-0.1, -0.05) is 12.1 Å². The van der Waals surface area contributed by atoms with Crippen molar-refractivity contribution in [3.63, 3.8) is 0 Å². The molecule has 3 rings (SSSR count). The molecule has 1 aromatic rings. The molecule has 2 fully saturated rings. The fraction of sp³-hybridized carbons (Fsp3) is 0.600. The molecule has 98 valence electrons. The summed E-state index contributed by atoms with van der Waals surface area (Å²) in [5, 5.41) is 0. The van der Waals surface area contributed by atoms with Crippen LogP contribution in [-0.4, -0.2) is 23.5 Å². The van der Waals surface area contributed by atoms with Crippen LogP contribution in [0.2, 0.25) is 0 Å². The van der Waals surface area contributed by atoms with Gasteiger partial charge in [-0.05, 0) is 49.8 Å². The normalized spacial score (nSPS) is 30.6. The molecule has 18 heavy (non-hydrogen) atoms. The van der Waals surface area contributed by atoms with Gasteiger partial charge in [-0.25, -0.2) is 4.39 Å². The molecule has 2 bridgehead atoms. The van der Waals surface area contributed by atoms with Gasteiger partial charge >= 0.3 is 0 Å². The van der Waals surface area contributed by atoms with Crippen molar-refractivity contribution in [2.24, 2.45) is 11.7 Å². The number of likely N-dealkylation sites (tertiary alicyclic amines) is 1. The highest BCUT2D eigenvalue weighted by Crippen LogP contribution is 2.42. The zero-order valence-corrected chi connectivity index (χ0v) is 10.8. The molecule has 1 heterocycles. The average molecular weight is 248 g/mol. The predicted molar refractivity (Wildman–Crippen MR) is 70.6 cm³/mol. The standard InChI is InChI=1S/C15H21FN2/c1-10(17)15(12-3-2-4-13(16)8-12)18-9-11-5-6-14(18)7-11/h2-4,8,10-11,14-15H,5-7,9,17H2,1H3. The highest BCUT2D eigenvalue weighted by atomic mass is 19.1. The highest BCUT2D eigenvalue weighted by molar-refractivity contribution is 5.22. The first kappa shape index (κ1) is 12.1. The van der Waals surface area contributed by atoms with E-state index in [-0.39, 0.29) is 17.9 Å². The van der Waals surface area contributed by atoms with E-state index in [1.54, 1.807) is 12.1 Å². The minimum absolute atomic E-state index is 0.0335. The number of benzene rings is 1. The van der Waals surface area contributed by atoms with Crippen LogP contribution in [0.25, 0.3) is 0 Å². The van der Waals surface area contributed by atoms with Crippen LogP contribution in [0.4, 0.5) is 4.39 Å². The van der Waals surface area contributed by atoms with Gasteiger partial charge in [-0.15, -0.1) is 0 Å². The molecule has 4 unspecified atom stereocenters. The lowest BCUT2D eigenvalue weighted by molar-refractivity contribution is 0.132. The van der Waals surface area contributed by atoms with Crippen molar-refractivity contribution in [3.8, 4) is 0 Å². The molecule has 2 aliphatic rings. The molecule has 4 atom stereocenters. The second kappa shape index (κ2) is 4.63. The van der Waals surface area contributed by atoms with E-state index in [4.69, 9.17) is 5.73 Å². The lowest BCUT2D eigenvalue weighted by atomic mass is 9.96. The van der Waals surface area contributed by atoms with E-state index in [1.165, 1.54) is 25.3 Å². The first-order valence-corrected chi connectivity index (χ1v) is 6.92. The van der Waals surface area contributed by atoms with Crippen LogP contribution in [0.3, 0.4) is 0 Å². The molecule has 1 aliphatic heterocycles. The number of fused-ring (bicyclic) bond motifs is 2. The van der Waals surface area contributed by atoms with Gasteiger partial charge < -0.3 is 5.73 Å². The maximum atomic E-state index is 13.4. The van der Waals surface area contributed by atoms with Crippen molar-refractivity contribution >= 4 is 0 Å². The van der Waals surface area contributed by atoms with Crippen LogP contribution in [0.1, 0.15) is 37.8 Å². The molecule has 0 aromatic heterocycles. The third kappa shape index (κ3) is 2.06. The number of nitrogens with zero attached hydrogens (tertiary/aromatic N) is 1. The summed E-state index contributed by atoms with van der Waals surface area (Å²) in [6, 6.07) is 7.78. The van der Waals surface area contributed by atoms with Crippen molar-refractivity contribution in [1.82, 2.24) is 4.90 Å². The Morgan fingerprint density at radius 3 is 2.78 bits per heavy atom. The monoisotopic (exact) mass is 248 g/mol. The molecule has 3 heteroatoms. The lowest BCUT2D eigenvalue weighted by Crippen LogP contribution is -2.43. The van der Waals surface area contributed by atoms with Crippen molar-refractivity contribution < 1.29 is 4.39 Å². The van der Waals surface area contributed by atoms with Gasteiger partial charge in [-0.3, -0.25) is 4.90 Å². The molecular weight excluding hydrogens is 227 g/mol. The van der Waals surface area contributed by atoms with Gasteiger partial charge in [0.05, 0.1) is 6.04 Å². The first-order chi connectivity index (χ1) is 8.65. The van der Waals surface area contributed by atoms with E-state index in [1.807, 2.05) is 13.0 Å². The smallest absolute Gasteiger partial charge is 0.123 e. The number of rotatable bonds is 3. The summed E-state index contributed by atoms with van der Waals surface area (Å²) in [7, 11) is 0. The molecule has 1 aromatic carbocycles. The summed E-state index contributed by atoms with van der Waals surface area (Å²) in [4.78, 5) is 2.51. The zero-order valence-electron chi connectivity index (χ0n) is 10.8. The average Bonchev–Trinajstić information content (AvgIpc) is 2.91. The maximum Gasteiger partial charge on any atom is 0.123 e.